The van der Waals surface area contributed by atoms with Crippen molar-refractivity contribution in [2.24, 2.45) is 11.8 Å². The second-order valence-electron chi connectivity index (χ2n) is 17.0. The van der Waals surface area contributed by atoms with Gasteiger partial charge in [0.2, 0.25) is 5.78 Å². The monoisotopic (exact) mass is 898 g/mol. The van der Waals surface area contributed by atoms with E-state index in [9.17, 15) is 14.4 Å². The number of nitrogens with one attached hydrogen (secondary N) is 1. The normalized spacial score (nSPS) is 15.1. The maximum atomic E-state index is 12.8. The van der Waals surface area contributed by atoms with Gasteiger partial charge in [-0.1, -0.05) is 38.5 Å². The number of nitrogens with zero attached hydrogens (tertiary/aromatic N) is 1. The number of Topliss-reactive ketones (excluding diaryl/α,β-unsaturated/α-hetero) is 1. The highest BCUT2D eigenvalue weighted by molar-refractivity contribution is 7.98. The van der Waals surface area contributed by atoms with Crippen molar-refractivity contribution in [2.45, 2.75) is 103 Å². The van der Waals surface area contributed by atoms with Crippen molar-refractivity contribution in [1.82, 2.24) is 4.90 Å². The van der Waals surface area contributed by atoms with Crippen molar-refractivity contribution in [2.75, 3.05) is 56.1 Å². The van der Waals surface area contributed by atoms with E-state index in [1.807, 2.05) is 72.9 Å². The van der Waals surface area contributed by atoms with Crippen LogP contribution in [0, 0.1) is 25.7 Å². The Bertz CT molecular complexity index is 2250. The van der Waals surface area contributed by atoms with E-state index in [0.717, 1.165) is 125 Å². The maximum absolute atomic E-state index is 12.8. The lowest BCUT2D eigenvalue weighted by Crippen LogP contribution is -2.29. The summed E-state index contributed by atoms with van der Waals surface area (Å²) in [6.07, 6.45) is 17.7. The number of carbonyl (C=O) groups is 3. The molecule has 3 aromatic carbocycles. The Morgan fingerprint density at radius 2 is 1.32 bits per heavy atom. The van der Waals surface area contributed by atoms with Crippen LogP contribution in [0.5, 0.6) is 11.5 Å². The first-order valence-corrected chi connectivity index (χ1v) is 25.5. The minimum absolute atomic E-state index is 0.0171. The van der Waals surface area contributed by atoms with Crippen molar-refractivity contribution >= 4 is 68.8 Å². The summed E-state index contributed by atoms with van der Waals surface area (Å²) in [5.41, 5.74) is 5.19. The molecule has 12 heteroatoms. The van der Waals surface area contributed by atoms with Crippen molar-refractivity contribution in [3.05, 3.63) is 88.9 Å². The number of aliphatic carboxylic acids is 1. The first-order chi connectivity index (χ1) is 30.6. The highest BCUT2D eigenvalue weighted by Crippen LogP contribution is 2.42. The number of carboxylic acid groups (broad SMARTS) is 1. The largest absolute Gasteiger partial charge is 0.494 e. The van der Waals surface area contributed by atoms with Gasteiger partial charge in [0.1, 0.15) is 28.4 Å². The third-order valence-corrected chi connectivity index (χ3v) is 13.8. The van der Waals surface area contributed by atoms with Crippen molar-refractivity contribution in [3.63, 3.8) is 0 Å². The van der Waals surface area contributed by atoms with Crippen molar-refractivity contribution in [1.29, 1.82) is 0 Å². The zero-order valence-corrected chi connectivity index (χ0v) is 39.4. The average Bonchev–Trinajstić information content (AvgIpc) is 3.82. The SMILES string of the molecule is CSCCCOc1ccc2oc(C(=O)C3CCCCC3)c(C)c2c1.CSCCCOc1ccc2oc(C(Nc3ccc(C(=O)N(C)CCC(=O)O)cc3)C3CCCCC3)c(C)c2c1. The summed E-state index contributed by atoms with van der Waals surface area (Å²) >= 11 is 3.66. The third-order valence-electron chi connectivity index (χ3n) is 12.4. The van der Waals surface area contributed by atoms with Gasteiger partial charge in [-0.2, -0.15) is 23.5 Å². The number of anilines is 1. The van der Waals surface area contributed by atoms with E-state index in [1.165, 1.54) is 30.6 Å². The van der Waals surface area contributed by atoms with Gasteiger partial charge in [-0.3, -0.25) is 14.4 Å². The van der Waals surface area contributed by atoms with Gasteiger partial charge in [0.15, 0.2) is 5.76 Å². The molecule has 1 unspecified atom stereocenters. The van der Waals surface area contributed by atoms with Gasteiger partial charge in [0, 0.05) is 52.7 Å². The predicted octanol–water partition coefficient (Wildman–Crippen LogP) is 12.8. The summed E-state index contributed by atoms with van der Waals surface area (Å²) in [4.78, 5) is 37.8. The fourth-order valence-corrected chi connectivity index (χ4v) is 9.62. The Morgan fingerprint density at radius 1 is 0.762 bits per heavy atom. The molecule has 63 heavy (non-hydrogen) atoms. The molecule has 2 N–H and O–H groups in total. The number of carboxylic acids is 1. The third kappa shape index (κ3) is 13.0. The van der Waals surface area contributed by atoms with E-state index < -0.39 is 5.97 Å². The van der Waals surface area contributed by atoms with Crippen molar-refractivity contribution in [3.8, 4) is 11.5 Å². The Morgan fingerprint density at radius 3 is 1.89 bits per heavy atom. The number of fused-ring (bicyclic) bond motifs is 2. The van der Waals surface area contributed by atoms with Crippen LogP contribution in [0.2, 0.25) is 0 Å². The lowest BCUT2D eigenvalue weighted by atomic mass is 9.82. The lowest BCUT2D eigenvalue weighted by Gasteiger charge is -2.31. The minimum Gasteiger partial charge on any atom is -0.494 e. The topological polar surface area (TPSA) is 131 Å². The van der Waals surface area contributed by atoms with E-state index in [-0.39, 0.29) is 36.6 Å². The van der Waals surface area contributed by atoms with E-state index in [0.29, 0.717) is 23.8 Å². The van der Waals surface area contributed by atoms with Gasteiger partial charge in [0.25, 0.3) is 5.91 Å². The second kappa shape index (κ2) is 23.9. The minimum atomic E-state index is -0.918. The van der Waals surface area contributed by atoms with E-state index >= 15 is 0 Å². The van der Waals surface area contributed by atoms with Gasteiger partial charge in [-0.25, -0.2) is 0 Å². The number of ether oxygens (including phenoxy) is 2. The standard InChI is InChI=1S/C31H40N2O5S.C20H26O3S/c1-21-26-20-25(37-18-7-19-39-3)14-15-27(26)38-30(21)29(22-8-5-4-6-9-22)32-24-12-10-23(11-13-24)31(36)33(2)17-16-28(34)35;1-14-17-13-16(22-11-6-12-24-2)9-10-18(17)23-20(14)19(21)15-7-4-3-5-8-15/h10-15,20,22,29,32H,4-9,16-19H2,1-3H3,(H,34,35);9-10,13,15H,3-8,11-12H2,1-2H3. The average molecular weight is 899 g/mol. The van der Waals surface area contributed by atoms with Crippen LogP contribution >= 0.6 is 23.5 Å². The first kappa shape index (κ1) is 47.9. The molecule has 0 radical (unpaired) electrons. The van der Waals surface area contributed by atoms with E-state index in [2.05, 4.69) is 30.8 Å². The molecule has 2 aromatic heterocycles. The fourth-order valence-electron chi connectivity index (χ4n) is 8.81. The Labute approximate surface area is 381 Å². The zero-order valence-electron chi connectivity index (χ0n) is 37.8. The number of hydrogen-bond acceptors (Lipinski definition) is 10. The number of thioether (sulfide) groups is 2. The fraction of sp³-hybridized carbons (Fsp3) is 0.510. The van der Waals surface area contributed by atoms with Crippen LogP contribution in [0.4, 0.5) is 5.69 Å². The van der Waals surface area contributed by atoms with Gasteiger partial charge in [0.05, 0.1) is 25.7 Å². The molecule has 2 aliphatic carbocycles. The summed E-state index contributed by atoms with van der Waals surface area (Å²) in [5.74, 6) is 5.09. The zero-order chi connectivity index (χ0) is 44.7. The molecule has 7 rings (SSSR count). The lowest BCUT2D eigenvalue weighted by molar-refractivity contribution is -0.137. The first-order valence-electron chi connectivity index (χ1n) is 22.8. The van der Waals surface area contributed by atoms with Crippen LogP contribution in [0.3, 0.4) is 0 Å². The number of amides is 1. The summed E-state index contributed by atoms with van der Waals surface area (Å²) in [7, 11) is 1.63. The molecule has 5 aromatic rings. The molecule has 0 aliphatic heterocycles. The molecule has 0 saturated heterocycles. The van der Waals surface area contributed by atoms with Crippen LogP contribution in [0.1, 0.15) is 127 Å². The molecule has 2 fully saturated rings. The number of furan rings is 2. The Kier molecular flexibility index (Phi) is 18.2. The van der Waals surface area contributed by atoms with Crippen molar-refractivity contribution < 1.29 is 37.8 Å². The van der Waals surface area contributed by atoms with E-state index in [1.54, 1.807) is 19.2 Å². The van der Waals surface area contributed by atoms with Crippen LogP contribution in [0.15, 0.2) is 69.5 Å². The summed E-state index contributed by atoms with van der Waals surface area (Å²) < 4.78 is 24.2. The van der Waals surface area contributed by atoms with E-state index in [4.69, 9.17) is 23.4 Å². The molecule has 1 atom stereocenters. The molecule has 1 amide bonds. The van der Waals surface area contributed by atoms with Gasteiger partial charge in [-0.15, -0.1) is 0 Å². The molecular formula is C51H66N2O8S2. The van der Waals surface area contributed by atoms with Crippen LogP contribution in [-0.4, -0.2) is 78.5 Å². The van der Waals surface area contributed by atoms with Crippen LogP contribution < -0.4 is 14.8 Å². The van der Waals surface area contributed by atoms with Gasteiger partial charge < -0.3 is 33.6 Å². The molecule has 10 nitrogen and oxygen atoms in total. The Hall–Kier alpha value is -4.55. The number of benzene rings is 3. The summed E-state index contributed by atoms with van der Waals surface area (Å²) in [5, 5.41) is 14.7. The maximum Gasteiger partial charge on any atom is 0.305 e. The highest BCUT2D eigenvalue weighted by atomic mass is 32.2. The molecular weight excluding hydrogens is 833 g/mol. The molecule has 2 aliphatic rings. The number of hydrogen-bond donors (Lipinski definition) is 2. The summed E-state index contributed by atoms with van der Waals surface area (Å²) in [6, 6.07) is 19.4. The number of ketones is 1. The predicted molar refractivity (Wildman–Crippen MR) is 258 cm³/mol. The van der Waals surface area contributed by atoms with Gasteiger partial charge >= 0.3 is 5.97 Å². The number of aryl methyl sites for hydroxylation is 2. The van der Waals surface area contributed by atoms with Crippen LogP contribution in [0.25, 0.3) is 21.9 Å². The number of rotatable bonds is 20. The quantitative estimate of drug-likeness (QED) is 0.0571. The highest BCUT2D eigenvalue weighted by Gasteiger charge is 2.31. The number of carbonyl (C=O) groups excluding carboxylic acids is 2. The molecule has 0 bridgehead atoms. The van der Waals surface area contributed by atoms with Crippen LogP contribution in [-0.2, 0) is 4.79 Å². The molecule has 0 spiro atoms. The summed E-state index contributed by atoms with van der Waals surface area (Å²) in [6.45, 7) is 5.71. The molecule has 2 saturated carbocycles. The second-order valence-corrected chi connectivity index (χ2v) is 19.0. The van der Waals surface area contributed by atoms with Gasteiger partial charge in [-0.05, 0) is 143 Å². The Balaban J connectivity index is 0.000000235. The molecule has 340 valence electrons. The smallest absolute Gasteiger partial charge is 0.305 e. The molecule has 2 heterocycles.